The van der Waals surface area contributed by atoms with Gasteiger partial charge in [0.1, 0.15) is 0 Å². The molecule has 0 saturated heterocycles. The van der Waals surface area contributed by atoms with E-state index in [0.717, 1.165) is 66.8 Å². The normalized spacial score (nSPS) is 11.7. The molecule has 4 aromatic heterocycles. The van der Waals surface area contributed by atoms with Crippen molar-refractivity contribution in [2.24, 2.45) is 0 Å². The van der Waals surface area contributed by atoms with Gasteiger partial charge in [0.05, 0.1) is 45.8 Å². The Morgan fingerprint density at radius 3 is 1.13 bits per heavy atom. The van der Waals surface area contributed by atoms with Gasteiger partial charge in [-0.15, -0.1) is 0 Å². The van der Waals surface area contributed by atoms with Crippen molar-refractivity contribution >= 4 is 43.6 Å². The van der Waals surface area contributed by atoms with Crippen LogP contribution in [-0.4, -0.2) is 28.7 Å². The molecule has 54 heavy (non-hydrogen) atoms. The Labute approximate surface area is 311 Å². The summed E-state index contributed by atoms with van der Waals surface area (Å²) in [7, 11) is 0. The number of fused-ring (bicyclic) bond motifs is 4. The molecule has 6 heteroatoms. The van der Waals surface area contributed by atoms with E-state index in [1.807, 2.05) is 12.4 Å². The lowest BCUT2D eigenvalue weighted by molar-refractivity contribution is 0.897. The summed E-state index contributed by atoms with van der Waals surface area (Å²) in [6.45, 7) is 0. The molecule has 0 saturated carbocycles. The molecule has 0 N–H and O–H groups in total. The maximum Gasteiger partial charge on any atom is 0.0741 e. The molecule has 4 heterocycles. The van der Waals surface area contributed by atoms with Crippen molar-refractivity contribution in [2.45, 2.75) is 0 Å². The summed E-state index contributed by atoms with van der Waals surface area (Å²) in [5.41, 5.74) is 12.9. The van der Waals surface area contributed by atoms with E-state index in [9.17, 15) is 0 Å². The van der Waals surface area contributed by atoms with Crippen LogP contribution in [0.15, 0.2) is 195 Å². The molecule has 0 aliphatic rings. The maximum atomic E-state index is 4.98. The Kier molecular flexibility index (Phi) is 6.75. The molecule has 11 rings (SSSR count). The van der Waals surface area contributed by atoms with Crippen molar-refractivity contribution < 1.29 is 0 Å². The second-order valence-electron chi connectivity index (χ2n) is 13.7. The van der Waals surface area contributed by atoms with E-state index in [1.165, 1.54) is 21.8 Å². The van der Waals surface area contributed by atoms with Crippen LogP contribution >= 0.6 is 0 Å². The first-order chi connectivity index (χ1) is 26.8. The van der Waals surface area contributed by atoms with Crippen LogP contribution in [0.25, 0.3) is 88.6 Å². The Balaban J connectivity index is 1.13. The molecular formula is C48H32N6. The Morgan fingerprint density at radius 2 is 0.704 bits per heavy atom. The van der Waals surface area contributed by atoms with E-state index in [1.54, 1.807) is 0 Å². The molecule has 0 amide bonds. The number of hydrogen-bond acceptors (Lipinski definition) is 2. The van der Waals surface area contributed by atoms with Crippen LogP contribution in [0.1, 0.15) is 0 Å². The number of para-hydroxylation sites is 4. The van der Waals surface area contributed by atoms with Crippen molar-refractivity contribution in [3.05, 3.63) is 195 Å². The van der Waals surface area contributed by atoms with Crippen molar-refractivity contribution in [1.82, 2.24) is 28.7 Å². The minimum atomic E-state index is 0.992. The Bertz CT molecular complexity index is 2940. The zero-order chi connectivity index (χ0) is 35.6. The van der Waals surface area contributed by atoms with E-state index < -0.39 is 0 Å². The summed E-state index contributed by atoms with van der Waals surface area (Å²) in [5, 5.41) is 14.6. The summed E-state index contributed by atoms with van der Waals surface area (Å²) in [4.78, 5) is 0. The van der Waals surface area contributed by atoms with Gasteiger partial charge in [-0.3, -0.25) is 0 Å². The van der Waals surface area contributed by atoms with Crippen LogP contribution in [0.5, 0.6) is 0 Å². The van der Waals surface area contributed by atoms with Crippen molar-refractivity contribution in [1.29, 1.82) is 0 Å². The molecule has 0 atom stereocenters. The molecule has 0 bridgehead atoms. The van der Waals surface area contributed by atoms with E-state index in [2.05, 4.69) is 201 Å². The Morgan fingerprint density at radius 1 is 0.333 bits per heavy atom. The number of aromatic nitrogens is 6. The molecule has 7 aromatic carbocycles. The zero-order valence-corrected chi connectivity index (χ0v) is 29.2. The lowest BCUT2D eigenvalue weighted by Crippen LogP contribution is -2.05. The standard InChI is InChI=1S/C48H32N6/c1-5-13-43-35(9-1)25-27-51(43)39-21-17-33(18-22-39)41-29-48(54-46-16-8-4-12-38(46)32-50-54)42(30-47(41)53-45-15-7-3-11-37(45)31-49-53)34-19-23-40(24-20-34)52-28-26-36-10-2-6-14-44(36)52/h1-32H. The van der Waals surface area contributed by atoms with Gasteiger partial charge in [0.25, 0.3) is 0 Å². The summed E-state index contributed by atoms with van der Waals surface area (Å²) in [5.74, 6) is 0. The average molecular weight is 693 g/mol. The van der Waals surface area contributed by atoms with Gasteiger partial charge >= 0.3 is 0 Å². The number of nitrogens with zero attached hydrogens (tertiary/aromatic N) is 6. The first-order valence-electron chi connectivity index (χ1n) is 18.1. The van der Waals surface area contributed by atoms with Crippen molar-refractivity contribution in [3.63, 3.8) is 0 Å². The molecule has 0 spiro atoms. The van der Waals surface area contributed by atoms with Crippen molar-refractivity contribution in [2.75, 3.05) is 0 Å². The summed E-state index contributed by atoms with van der Waals surface area (Å²) < 4.78 is 8.64. The summed E-state index contributed by atoms with van der Waals surface area (Å²) in [6, 6.07) is 60.3. The van der Waals surface area contributed by atoms with Gasteiger partial charge in [-0.1, -0.05) is 97.1 Å². The lowest BCUT2D eigenvalue weighted by Gasteiger charge is -2.19. The van der Waals surface area contributed by atoms with Crippen LogP contribution in [0.2, 0.25) is 0 Å². The highest BCUT2D eigenvalue weighted by molar-refractivity contribution is 5.91. The molecule has 0 fully saturated rings. The highest BCUT2D eigenvalue weighted by Crippen LogP contribution is 2.39. The van der Waals surface area contributed by atoms with Crippen LogP contribution in [0, 0.1) is 0 Å². The Hall–Kier alpha value is -7.44. The molecule has 0 aliphatic carbocycles. The zero-order valence-electron chi connectivity index (χ0n) is 29.2. The van der Waals surface area contributed by atoms with Gasteiger partial charge in [0, 0.05) is 45.7 Å². The van der Waals surface area contributed by atoms with E-state index in [4.69, 9.17) is 10.2 Å². The van der Waals surface area contributed by atoms with E-state index in [-0.39, 0.29) is 0 Å². The third-order valence-electron chi connectivity index (χ3n) is 10.6. The molecule has 254 valence electrons. The fourth-order valence-electron chi connectivity index (χ4n) is 7.94. The van der Waals surface area contributed by atoms with E-state index >= 15 is 0 Å². The van der Waals surface area contributed by atoms with Crippen LogP contribution in [-0.2, 0) is 0 Å². The molecule has 11 aromatic rings. The monoisotopic (exact) mass is 692 g/mol. The minimum Gasteiger partial charge on any atom is -0.317 e. The van der Waals surface area contributed by atoms with Crippen molar-refractivity contribution in [3.8, 4) is 45.0 Å². The molecular weight excluding hydrogens is 661 g/mol. The molecule has 0 radical (unpaired) electrons. The number of benzene rings is 7. The molecule has 6 nitrogen and oxygen atoms in total. The fraction of sp³-hybridized carbons (Fsp3) is 0. The van der Waals surface area contributed by atoms with Crippen LogP contribution in [0.4, 0.5) is 0 Å². The largest absolute Gasteiger partial charge is 0.317 e. The van der Waals surface area contributed by atoms with Gasteiger partial charge in [-0.05, 0) is 94.7 Å². The topological polar surface area (TPSA) is 45.5 Å². The fourth-order valence-corrected chi connectivity index (χ4v) is 7.94. The third kappa shape index (κ3) is 4.81. The summed E-state index contributed by atoms with van der Waals surface area (Å²) in [6.07, 6.45) is 8.18. The minimum absolute atomic E-state index is 0.992. The second kappa shape index (κ2) is 12.1. The van der Waals surface area contributed by atoms with Gasteiger partial charge < -0.3 is 9.13 Å². The van der Waals surface area contributed by atoms with E-state index in [0.29, 0.717) is 0 Å². The number of hydrogen-bond donors (Lipinski definition) is 0. The van der Waals surface area contributed by atoms with Gasteiger partial charge in [0.15, 0.2) is 0 Å². The third-order valence-corrected chi connectivity index (χ3v) is 10.6. The first kappa shape index (κ1) is 30.2. The second-order valence-corrected chi connectivity index (χ2v) is 13.7. The quantitative estimate of drug-likeness (QED) is 0.174. The van der Waals surface area contributed by atoms with Gasteiger partial charge in [-0.25, -0.2) is 9.36 Å². The lowest BCUT2D eigenvalue weighted by atomic mass is 9.95. The predicted octanol–water partition coefficient (Wildman–Crippen LogP) is 11.6. The maximum absolute atomic E-state index is 4.98. The van der Waals surface area contributed by atoms with Crippen LogP contribution < -0.4 is 0 Å². The SMILES string of the molecule is c1ccc2c(c1)ccn2-c1ccc(-c2cc(-n3ncc4ccccc43)c(-c3ccc(-n4ccc5ccccc54)cc3)cc2-n2ncc3ccccc32)cc1. The molecule has 0 unspecified atom stereocenters. The van der Waals surface area contributed by atoms with Crippen LogP contribution in [0.3, 0.4) is 0 Å². The van der Waals surface area contributed by atoms with Gasteiger partial charge in [-0.2, -0.15) is 10.2 Å². The predicted molar refractivity (Wildman–Crippen MR) is 220 cm³/mol. The molecule has 0 aliphatic heterocycles. The van der Waals surface area contributed by atoms with Gasteiger partial charge in [0.2, 0.25) is 0 Å². The highest BCUT2D eigenvalue weighted by Gasteiger charge is 2.20. The number of rotatable bonds is 6. The summed E-state index contributed by atoms with van der Waals surface area (Å²) >= 11 is 0. The smallest absolute Gasteiger partial charge is 0.0741 e. The average Bonchev–Trinajstić information content (AvgIpc) is 4.05. The highest BCUT2D eigenvalue weighted by atomic mass is 15.3. The first-order valence-corrected chi connectivity index (χ1v) is 18.1.